The van der Waals surface area contributed by atoms with Crippen LogP contribution in [0.25, 0.3) is 0 Å². The van der Waals surface area contributed by atoms with E-state index in [9.17, 15) is 8.42 Å². The van der Waals surface area contributed by atoms with Crippen molar-refractivity contribution >= 4 is 10.0 Å². The molecular formula is C14H24N4O3S. The van der Waals surface area contributed by atoms with Gasteiger partial charge in [0.25, 0.3) is 0 Å². The van der Waals surface area contributed by atoms with Gasteiger partial charge in [0.1, 0.15) is 0 Å². The summed E-state index contributed by atoms with van der Waals surface area (Å²) in [6.07, 6.45) is 7.81. The maximum Gasteiger partial charge on any atom is 0.240 e. The molecule has 1 saturated carbocycles. The van der Waals surface area contributed by atoms with Crippen molar-refractivity contribution in [1.29, 1.82) is 0 Å². The number of aromatic nitrogens is 2. The zero-order valence-electron chi connectivity index (χ0n) is 13.0. The van der Waals surface area contributed by atoms with Crippen molar-refractivity contribution in [3.05, 3.63) is 11.7 Å². The summed E-state index contributed by atoms with van der Waals surface area (Å²) in [6, 6.07) is 0.577. The molecule has 0 aromatic carbocycles. The Kier molecular flexibility index (Phi) is 4.79. The van der Waals surface area contributed by atoms with Gasteiger partial charge < -0.3 is 9.84 Å². The first-order chi connectivity index (χ1) is 10.5. The minimum absolute atomic E-state index is 0.196. The van der Waals surface area contributed by atoms with Crippen LogP contribution in [0.2, 0.25) is 0 Å². The highest BCUT2D eigenvalue weighted by molar-refractivity contribution is 7.88. The first-order valence-electron chi connectivity index (χ1n) is 8.03. The fourth-order valence-electron chi connectivity index (χ4n) is 3.31. The molecule has 2 fully saturated rings. The van der Waals surface area contributed by atoms with Crippen LogP contribution in [0.15, 0.2) is 4.52 Å². The lowest BCUT2D eigenvalue weighted by atomic mass is 9.98. The van der Waals surface area contributed by atoms with E-state index in [1.807, 2.05) is 0 Å². The molecule has 0 amide bonds. The maximum atomic E-state index is 11.5. The molecule has 0 bridgehead atoms. The van der Waals surface area contributed by atoms with Crippen LogP contribution in [-0.2, 0) is 16.6 Å². The number of piperidine rings is 1. The van der Waals surface area contributed by atoms with Gasteiger partial charge in [-0.15, -0.1) is 0 Å². The van der Waals surface area contributed by atoms with E-state index in [2.05, 4.69) is 15.5 Å². The third kappa shape index (κ3) is 3.85. The molecule has 1 aromatic heterocycles. The van der Waals surface area contributed by atoms with Crippen molar-refractivity contribution in [2.24, 2.45) is 0 Å². The van der Waals surface area contributed by atoms with Crippen molar-refractivity contribution in [2.45, 2.75) is 57.0 Å². The topological polar surface area (TPSA) is 88.3 Å². The zero-order valence-corrected chi connectivity index (χ0v) is 13.8. The van der Waals surface area contributed by atoms with Crippen LogP contribution in [0.3, 0.4) is 0 Å². The molecule has 1 aromatic rings. The minimum Gasteiger partial charge on any atom is -0.338 e. The highest BCUT2D eigenvalue weighted by Gasteiger charge is 2.28. The molecule has 2 aliphatic rings. The smallest absolute Gasteiger partial charge is 0.240 e. The van der Waals surface area contributed by atoms with Gasteiger partial charge in [0.05, 0.1) is 12.8 Å². The lowest BCUT2D eigenvalue weighted by Gasteiger charge is -2.28. The largest absolute Gasteiger partial charge is 0.338 e. The highest BCUT2D eigenvalue weighted by atomic mass is 32.2. The average molecular weight is 328 g/mol. The summed E-state index contributed by atoms with van der Waals surface area (Å²) in [5, 5.41) is 7.54. The van der Waals surface area contributed by atoms with Crippen LogP contribution in [-0.4, -0.2) is 48.3 Å². The first kappa shape index (κ1) is 15.9. The first-order valence-corrected chi connectivity index (χ1v) is 9.88. The summed E-state index contributed by atoms with van der Waals surface area (Å²) in [5.41, 5.74) is 0. The molecule has 1 N–H and O–H groups in total. The molecule has 1 aliphatic heterocycles. The van der Waals surface area contributed by atoms with Gasteiger partial charge >= 0.3 is 0 Å². The predicted molar refractivity (Wildman–Crippen MR) is 81.8 cm³/mol. The highest BCUT2D eigenvalue weighted by Crippen LogP contribution is 2.27. The summed E-state index contributed by atoms with van der Waals surface area (Å²) in [4.78, 5) is 4.47. The van der Waals surface area contributed by atoms with E-state index >= 15 is 0 Å². The van der Waals surface area contributed by atoms with E-state index in [0.29, 0.717) is 31.6 Å². The molecule has 1 saturated heterocycles. The molecule has 0 spiro atoms. The van der Waals surface area contributed by atoms with E-state index in [1.165, 1.54) is 36.2 Å². The van der Waals surface area contributed by atoms with E-state index in [4.69, 9.17) is 4.52 Å². The molecule has 3 rings (SSSR count). The van der Waals surface area contributed by atoms with Gasteiger partial charge in [-0.1, -0.05) is 18.0 Å². The van der Waals surface area contributed by atoms with Gasteiger partial charge in [0, 0.05) is 25.0 Å². The molecule has 7 nitrogen and oxygen atoms in total. The molecular weight excluding hydrogens is 304 g/mol. The molecule has 1 aliphatic carbocycles. The number of nitrogens with zero attached hydrogens (tertiary/aromatic N) is 3. The van der Waals surface area contributed by atoms with Crippen molar-refractivity contribution in [3.63, 3.8) is 0 Å². The summed E-state index contributed by atoms with van der Waals surface area (Å²) in [7, 11) is -3.09. The predicted octanol–water partition coefficient (Wildman–Crippen LogP) is 1.24. The molecule has 8 heteroatoms. The van der Waals surface area contributed by atoms with E-state index in [-0.39, 0.29) is 5.92 Å². The van der Waals surface area contributed by atoms with Crippen LogP contribution >= 0.6 is 0 Å². The van der Waals surface area contributed by atoms with Crippen LogP contribution in [0, 0.1) is 0 Å². The van der Waals surface area contributed by atoms with Crippen LogP contribution < -0.4 is 5.32 Å². The second-order valence-electron chi connectivity index (χ2n) is 6.34. The second-order valence-corrected chi connectivity index (χ2v) is 8.33. The van der Waals surface area contributed by atoms with Crippen molar-refractivity contribution in [2.75, 3.05) is 19.3 Å². The zero-order chi connectivity index (χ0) is 15.6. The number of hydrogen-bond donors (Lipinski definition) is 1. The minimum atomic E-state index is -3.09. The third-order valence-electron chi connectivity index (χ3n) is 4.67. The molecule has 0 unspecified atom stereocenters. The van der Waals surface area contributed by atoms with Gasteiger partial charge in [0.15, 0.2) is 5.82 Å². The average Bonchev–Trinajstić information content (AvgIpc) is 3.16. The van der Waals surface area contributed by atoms with Gasteiger partial charge in [-0.2, -0.15) is 4.98 Å². The Labute approximate surface area is 131 Å². The van der Waals surface area contributed by atoms with Crippen molar-refractivity contribution in [3.8, 4) is 0 Å². The van der Waals surface area contributed by atoms with Gasteiger partial charge in [-0.3, -0.25) is 0 Å². The Bertz CT molecular complexity index is 587. The summed E-state index contributed by atoms with van der Waals surface area (Å²) in [5.74, 6) is 1.55. The standard InChI is InChI=1S/C14H24N4O3S/c1-22(19,20)18-8-6-11(7-9-18)14-16-13(21-17-14)10-15-12-4-2-3-5-12/h11-12,15H,2-10H2,1H3. The van der Waals surface area contributed by atoms with Crippen LogP contribution in [0.4, 0.5) is 0 Å². The number of hydrogen-bond acceptors (Lipinski definition) is 6. The molecule has 2 heterocycles. The molecule has 0 radical (unpaired) electrons. The monoisotopic (exact) mass is 328 g/mol. The Balaban J connectivity index is 1.51. The van der Waals surface area contributed by atoms with Crippen molar-refractivity contribution < 1.29 is 12.9 Å². The lowest BCUT2D eigenvalue weighted by molar-refractivity contribution is 0.305. The third-order valence-corrected chi connectivity index (χ3v) is 5.97. The van der Waals surface area contributed by atoms with Crippen molar-refractivity contribution in [1.82, 2.24) is 19.8 Å². The van der Waals surface area contributed by atoms with Crippen LogP contribution in [0.1, 0.15) is 56.2 Å². The normalized spacial score (nSPS) is 22.4. The van der Waals surface area contributed by atoms with Gasteiger partial charge in [-0.25, -0.2) is 12.7 Å². The van der Waals surface area contributed by atoms with Gasteiger partial charge in [0.2, 0.25) is 15.9 Å². The Morgan fingerprint density at radius 1 is 1.23 bits per heavy atom. The molecule has 22 heavy (non-hydrogen) atoms. The second kappa shape index (κ2) is 6.64. The quantitative estimate of drug-likeness (QED) is 0.875. The Hall–Kier alpha value is -0.990. The van der Waals surface area contributed by atoms with E-state index in [0.717, 1.165) is 18.7 Å². The Morgan fingerprint density at radius 2 is 1.91 bits per heavy atom. The number of nitrogens with one attached hydrogen (secondary N) is 1. The lowest BCUT2D eigenvalue weighted by Crippen LogP contribution is -2.37. The number of rotatable bonds is 5. The molecule has 124 valence electrons. The summed E-state index contributed by atoms with van der Waals surface area (Å²) >= 11 is 0. The Morgan fingerprint density at radius 3 is 2.55 bits per heavy atom. The van der Waals surface area contributed by atoms with E-state index in [1.54, 1.807) is 0 Å². The summed E-state index contributed by atoms with van der Waals surface area (Å²) < 4.78 is 29.9. The van der Waals surface area contributed by atoms with Crippen LogP contribution in [0.5, 0.6) is 0 Å². The maximum absolute atomic E-state index is 11.5. The van der Waals surface area contributed by atoms with Gasteiger partial charge in [-0.05, 0) is 25.7 Å². The molecule has 0 atom stereocenters. The summed E-state index contributed by atoms with van der Waals surface area (Å²) in [6.45, 7) is 1.70. The fourth-order valence-corrected chi connectivity index (χ4v) is 4.19. The fraction of sp³-hybridized carbons (Fsp3) is 0.857. The number of sulfonamides is 1. The SMILES string of the molecule is CS(=O)(=O)N1CCC(c2noc(CNC3CCCC3)n2)CC1. The van der Waals surface area contributed by atoms with E-state index < -0.39 is 10.0 Å².